The predicted octanol–water partition coefficient (Wildman–Crippen LogP) is 7.38. The molecule has 16 heteroatoms. The standard InChI is InChI=1S/C31H33ClF4N8O2Si/c1-30(2,3)47(4,5)46-28(31(34,35)36)21-13-17(10-11-37-21)22-15-38-29(40-22)24-8-6-19-12-18(14-25(45)44(19)24)26-23(43-16-39-41-42-43)9-7-20(32)27(26)33/h7,9-11,13-16,19,24,28H,6,8,12H2,1-5H3,(H,38,40)/t19?,24-,28?/m0/s1. The lowest BCUT2D eigenvalue weighted by molar-refractivity contribution is -0.202. The van der Waals surface area contributed by atoms with E-state index in [0.29, 0.717) is 47.6 Å². The Balaban J connectivity index is 1.27. The molecular weight excluding hydrogens is 656 g/mol. The summed E-state index contributed by atoms with van der Waals surface area (Å²) in [7, 11) is -2.80. The van der Waals surface area contributed by atoms with E-state index in [1.165, 1.54) is 41.6 Å². The van der Waals surface area contributed by atoms with Gasteiger partial charge in [-0.15, -0.1) is 5.10 Å². The molecule has 1 fully saturated rings. The van der Waals surface area contributed by atoms with Gasteiger partial charge in [0, 0.05) is 29.4 Å². The molecule has 5 heterocycles. The van der Waals surface area contributed by atoms with Crippen LogP contribution in [0, 0.1) is 5.82 Å². The second-order valence-electron chi connectivity index (χ2n) is 13.3. The molecule has 0 saturated carbocycles. The zero-order valence-electron chi connectivity index (χ0n) is 26.3. The Morgan fingerprint density at radius 3 is 2.57 bits per heavy atom. The molecule has 3 atom stereocenters. The monoisotopic (exact) mass is 688 g/mol. The highest BCUT2D eigenvalue weighted by Gasteiger charge is 2.49. The van der Waals surface area contributed by atoms with E-state index in [2.05, 4.69) is 30.5 Å². The molecule has 1 saturated heterocycles. The molecule has 0 bridgehead atoms. The molecule has 2 aliphatic rings. The zero-order valence-corrected chi connectivity index (χ0v) is 28.1. The summed E-state index contributed by atoms with van der Waals surface area (Å²) in [5, 5.41) is 10.6. The van der Waals surface area contributed by atoms with Crippen LogP contribution in [0.3, 0.4) is 0 Å². The number of rotatable bonds is 7. The average Bonchev–Trinajstić information content (AvgIpc) is 3.77. The van der Waals surface area contributed by atoms with Crippen LogP contribution in [0.4, 0.5) is 17.6 Å². The third-order valence-corrected chi connectivity index (χ3v) is 14.0. The minimum Gasteiger partial charge on any atom is -0.401 e. The summed E-state index contributed by atoms with van der Waals surface area (Å²) in [5.41, 5.74) is 1.68. The van der Waals surface area contributed by atoms with Gasteiger partial charge in [0.1, 0.15) is 12.2 Å². The maximum absolute atomic E-state index is 15.4. The van der Waals surface area contributed by atoms with Crippen LogP contribution in [0.5, 0.6) is 0 Å². The van der Waals surface area contributed by atoms with Crippen molar-refractivity contribution in [1.29, 1.82) is 0 Å². The second-order valence-corrected chi connectivity index (χ2v) is 18.5. The van der Waals surface area contributed by atoms with Gasteiger partial charge in [-0.3, -0.25) is 9.78 Å². The first-order chi connectivity index (χ1) is 22.0. The number of H-pyrrole nitrogens is 1. The van der Waals surface area contributed by atoms with Gasteiger partial charge in [-0.05, 0) is 77.7 Å². The Bertz CT molecular complexity index is 1840. The third kappa shape index (κ3) is 6.23. The van der Waals surface area contributed by atoms with Gasteiger partial charge < -0.3 is 14.3 Å². The van der Waals surface area contributed by atoms with E-state index in [4.69, 9.17) is 16.0 Å². The lowest BCUT2D eigenvalue weighted by atomic mass is 9.92. The number of pyridine rings is 1. The molecule has 2 aliphatic heterocycles. The molecule has 0 spiro atoms. The number of hydrogen-bond acceptors (Lipinski definition) is 7. The Labute approximate surface area is 274 Å². The highest BCUT2D eigenvalue weighted by molar-refractivity contribution is 6.74. The molecule has 0 radical (unpaired) electrons. The molecule has 10 nitrogen and oxygen atoms in total. The van der Waals surface area contributed by atoms with Crippen LogP contribution in [0.25, 0.3) is 22.5 Å². The molecule has 1 N–H and O–H groups in total. The van der Waals surface area contributed by atoms with E-state index >= 15 is 4.39 Å². The Morgan fingerprint density at radius 2 is 1.89 bits per heavy atom. The number of hydrogen-bond donors (Lipinski definition) is 1. The van der Waals surface area contributed by atoms with Crippen molar-refractivity contribution in [2.24, 2.45) is 0 Å². The largest absolute Gasteiger partial charge is 0.419 e. The zero-order chi connectivity index (χ0) is 33.9. The molecular formula is C31H33ClF4N8O2Si. The molecule has 1 amide bonds. The summed E-state index contributed by atoms with van der Waals surface area (Å²) < 4.78 is 65.4. The topological polar surface area (TPSA) is 115 Å². The molecule has 248 valence electrons. The van der Waals surface area contributed by atoms with Crippen LogP contribution in [0.2, 0.25) is 23.2 Å². The van der Waals surface area contributed by atoms with Gasteiger partial charge in [0.2, 0.25) is 5.91 Å². The summed E-state index contributed by atoms with van der Waals surface area (Å²) >= 11 is 6.13. The third-order valence-electron chi connectivity index (χ3n) is 9.29. The van der Waals surface area contributed by atoms with Crippen LogP contribution in [-0.4, -0.2) is 66.5 Å². The number of alkyl halides is 3. The first-order valence-corrected chi connectivity index (χ1v) is 18.3. The Hall–Kier alpha value is -3.95. The second kappa shape index (κ2) is 11.9. The van der Waals surface area contributed by atoms with Crippen molar-refractivity contribution in [3.05, 3.63) is 77.0 Å². The van der Waals surface area contributed by atoms with Crippen molar-refractivity contribution in [2.75, 3.05) is 0 Å². The number of fused-ring (bicyclic) bond motifs is 1. The number of halogens is 5. The molecule has 4 aromatic rings. The van der Waals surface area contributed by atoms with Gasteiger partial charge in [0.25, 0.3) is 0 Å². The molecule has 2 unspecified atom stereocenters. The van der Waals surface area contributed by atoms with E-state index in [1.807, 2.05) is 20.8 Å². The fourth-order valence-corrected chi connectivity index (χ4v) is 7.24. The average molecular weight is 689 g/mol. The van der Waals surface area contributed by atoms with Gasteiger partial charge in [-0.1, -0.05) is 32.4 Å². The lowest BCUT2D eigenvalue weighted by Gasteiger charge is -2.39. The minimum atomic E-state index is -4.67. The van der Waals surface area contributed by atoms with Crippen LogP contribution >= 0.6 is 11.6 Å². The number of tetrazole rings is 1. The van der Waals surface area contributed by atoms with Crippen molar-refractivity contribution in [3.63, 3.8) is 0 Å². The Kier molecular flexibility index (Phi) is 8.37. The fourth-order valence-electron chi connectivity index (χ4n) is 5.88. The normalized spacial score (nSPS) is 19.6. The van der Waals surface area contributed by atoms with Gasteiger partial charge in [0.15, 0.2) is 20.2 Å². The number of nitrogens with one attached hydrogen (secondary N) is 1. The first kappa shape index (κ1) is 33.0. The van der Waals surface area contributed by atoms with E-state index in [0.717, 1.165) is 0 Å². The maximum atomic E-state index is 15.4. The number of nitrogens with zero attached hydrogens (tertiary/aromatic N) is 7. The van der Waals surface area contributed by atoms with E-state index in [1.54, 1.807) is 30.1 Å². The van der Waals surface area contributed by atoms with Crippen molar-refractivity contribution in [2.45, 2.75) is 82.5 Å². The highest BCUT2D eigenvalue weighted by Crippen LogP contribution is 2.46. The van der Waals surface area contributed by atoms with Crippen molar-refractivity contribution in [3.8, 4) is 16.9 Å². The number of carbonyl (C=O) groups is 1. The minimum absolute atomic E-state index is 0.0904. The molecule has 1 aromatic carbocycles. The summed E-state index contributed by atoms with van der Waals surface area (Å²) in [5.74, 6) is -0.489. The van der Waals surface area contributed by atoms with Gasteiger partial charge >= 0.3 is 6.18 Å². The van der Waals surface area contributed by atoms with Gasteiger partial charge in [-0.25, -0.2) is 9.37 Å². The molecule has 47 heavy (non-hydrogen) atoms. The van der Waals surface area contributed by atoms with Crippen LogP contribution < -0.4 is 0 Å². The van der Waals surface area contributed by atoms with Crippen LogP contribution in [0.1, 0.15) is 69.3 Å². The lowest BCUT2D eigenvalue weighted by Crippen LogP contribution is -2.44. The number of aromatic amines is 1. The SMILES string of the molecule is CC(C)(C)[Si](C)(C)OC(c1cc(-c2cnc([C@@H]3CCC4CC(c5c(-n6cnnn6)ccc(Cl)c5F)=CC(=O)N43)[nH]2)ccn1)C(F)(F)F. The summed E-state index contributed by atoms with van der Waals surface area (Å²) in [4.78, 5) is 27.1. The van der Waals surface area contributed by atoms with Crippen molar-refractivity contribution in [1.82, 2.24) is 40.1 Å². The maximum Gasteiger partial charge on any atom is 0.419 e. The number of imidazole rings is 1. The van der Waals surface area contributed by atoms with Crippen molar-refractivity contribution >= 4 is 31.4 Å². The van der Waals surface area contributed by atoms with Crippen LogP contribution in [-0.2, 0) is 9.22 Å². The number of amides is 1. The fraction of sp³-hybridized carbons (Fsp3) is 0.419. The number of aromatic nitrogens is 7. The molecule has 6 rings (SSSR count). The quantitative estimate of drug-likeness (QED) is 0.159. The van der Waals surface area contributed by atoms with Crippen molar-refractivity contribution < 1.29 is 26.8 Å². The first-order valence-electron chi connectivity index (χ1n) is 15.1. The van der Waals surface area contributed by atoms with E-state index in [9.17, 15) is 18.0 Å². The highest BCUT2D eigenvalue weighted by atomic mass is 35.5. The van der Waals surface area contributed by atoms with E-state index < -0.39 is 37.5 Å². The van der Waals surface area contributed by atoms with E-state index in [-0.39, 0.29) is 28.2 Å². The van der Waals surface area contributed by atoms with Crippen LogP contribution in [0.15, 0.2) is 49.1 Å². The number of carbonyl (C=O) groups excluding carboxylic acids is 1. The summed E-state index contributed by atoms with van der Waals surface area (Å²) in [6.07, 6.45) is 0.321. The summed E-state index contributed by atoms with van der Waals surface area (Å²) in [6.45, 7) is 9.17. The molecule has 0 aliphatic carbocycles. The number of benzene rings is 1. The molecule has 3 aromatic heterocycles. The van der Waals surface area contributed by atoms with Gasteiger partial charge in [-0.2, -0.15) is 17.9 Å². The Morgan fingerprint density at radius 1 is 1.13 bits per heavy atom. The predicted molar refractivity (Wildman–Crippen MR) is 168 cm³/mol. The summed E-state index contributed by atoms with van der Waals surface area (Å²) in [6, 6.07) is 5.31. The smallest absolute Gasteiger partial charge is 0.401 e. The van der Waals surface area contributed by atoms with Gasteiger partial charge in [0.05, 0.1) is 34.3 Å².